The molecule has 0 aliphatic carbocycles. The zero-order valence-corrected chi connectivity index (χ0v) is 11.7. The van der Waals surface area contributed by atoms with Crippen molar-refractivity contribution in [3.63, 3.8) is 0 Å². The van der Waals surface area contributed by atoms with E-state index in [4.69, 9.17) is 15.2 Å². The molecule has 1 heterocycles. The minimum atomic E-state index is 0.601. The molecular weight excluding hydrogens is 264 g/mol. The maximum Gasteiger partial charge on any atom is 0.145 e. The van der Waals surface area contributed by atoms with E-state index in [9.17, 15) is 0 Å². The molecule has 2 N–H and O–H groups in total. The van der Waals surface area contributed by atoms with Crippen LogP contribution in [0.5, 0.6) is 17.2 Å². The molecule has 0 aliphatic heterocycles. The number of pyridine rings is 1. The van der Waals surface area contributed by atoms with Crippen molar-refractivity contribution in [2.75, 3.05) is 12.3 Å². The molecule has 0 amide bonds. The summed E-state index contributed by atoms with van der Waals surface area (Å²) in [5.41, 5.74) is 7.19. The minimum Gasteiger partial charge on any atom is -0.492 e. The summed E-state index contributed by atoms with van der Waals surface area (Å²) in [6.07, 6.45) is 1.72. The minimum absolute atomic E-state index is 0.601. The van der Waals surface area contributed by atoms with Gasteiger partial charge in [0.1, 0.15) is 22.8 Å². The largest absolute Gasteiger partial charge is 0.492 e. The first-order valence-corrected chi connectivity index (χ1v) is 6.82. The summed E-state index contributed by atoms with van der Waals surface area (Å²) in [5.74, 6) is 2.24. The van der Waals surface area contributed by atoms with Crippen LogP contribution >= 0.6 is 0 Å². The molecule has 1 aromatic heterocycles. The van der Waals surface area contributed by atoms with Gasteiger partial charge in [0, 0.05) is 17.3 Å². The number of aromatic nitrogens is 1. The molecule has 0 atom stereocenters. The molecule has 4 heteroatoms. The van der Waals surface area contributed by atoms with Crippen LogP contribution in [0.15, 0.2) is 54.7 Å². The average Bonchev–Trinajstić information content (AvgIpc) is 2.51. The third-order valence-electron chi connectivity index (χ3n) is 3.10. The highest BCUT2D eigenvalue weighted by atomic mass is 16.5. The maximum atomic E-state index is 5.93. The Morgan fingerprint density at radius 2 is 1.81 bits per heavy atom. The molecule has 0 saturated carbocycles. The highest BCUT2D eigenvalue weighted by Crippen LogP contribution is 2.33. The topological polar surface area (TPSA) is 57.4 Å². The number of para-hydroxylation sites is 1. The van der Waals surface area contributed by atoms with Crippen LogP contribution in [0.25, 0.3) is 10.9 Å². The van der Waals surface area contributed by atoms with Crippen molar-refractivity contribution >= 4 is 16.6 Å². The van der Waals surface area contributed by atoms with Gasteiger partial charge in [0.15, 0.2) is 0 Å². The van der Waals surface area contributed by atoms with Crippen LogP contribution in [-0.4, -0.2) is 11.6 Å². The molecule has 106 valence electrons. The number of nitrogens with zero attached hydrogens (tertiary/aromatic N) is 1. The normalized spacial score (nSPS) is 10.5. The Morgan fingerprint density at radius 1 is 1.00 bits per heavy atom. The van der Waals surface area contributed by atoms with Gasteiger partial charge in [0.25, 0.3) is 0 Å². The van der Waals surface area contributed by atoms with Gasteiger partial charge in [0.05, 0.1) is 6.61 Å². The fourth-order valence-electron chi connectivity index (χ4n) is 2.15. The number of benzene rings is 2. The maximum absolute atomic E-state index is 5.93. The van der Waals surface area contributed by atoms with Crippen LogP contribution in [-0.2, 0) is 0 Å². The van der Waals surface area contributed by atoms with Crippen LogP contribution in [0.4, 0.5) is 5.69 Å². The molecule has 0 spiro atoms. The van der Waals surface area contributed by atoms with Gasteiger partial charge in [-0.25, -0.2) is 0 Å². The summed E-state index contributed by atoms with van der Waals surface area (Å²) in [5, 5.41) is 0.917. The van der Waals surface area contributed by atoms with E-state index in [1.54, 1.807) is 6.20 Å². The monoisotopic (exact) mass is 280 g/mol. The van der Waals surface area contributed by atoms with Crippen molar-refractivity contribution in [1.29, 1.82) is 0 Å². The first-order valence-electron chi connectivity index (χ1n) is 6.82. The second-order valence-electron chi connectivity index (χ2n) is 4.57. The Labute approximate surface area is 123 Å². The number of fused-ring (bicyclic) bond motifs is 1. The number of hydrogen-bond donors (Lipinski definition) is 1. The van der Waals surface area contributed by atoms with Crippen LogP contribution in [0.3, 0.4) is 0 Å². The second-order valence-corrected chi connectivity index (χ2v) is 4.57. The lowest BCUT2D eigenvalue weighted by Crippen LogP contribution is -1.94. The Morgan fingerprint density at radius 3 is 2.57 bits per heavy atom. The summed E-state index contributed by atoms with van der Waals surface area (Å²) in [7, 11) is 0. The van der Waals surface area contributed by atoms with E-state index >= 15 is 0 Å². The molecule has 0 fully saturated rings. The van der Waals surface area contributed by atoms with E-state index in [2.05, 4.69) is 4.98 Å². The van der Waals surface area contributed by atoms with E-state index < -0.39 is 0 Å². The molecule has 3 aromatic rings. The van der Waals surface area contributed by atoms with Crippen molar-refractivity contribution in [2.45, 2.75) is 6.92 Å². The van der Waals surface area contributed by atoms with Gasteiger partial charge in [-0.05, 0) is 49.4 Å². The van der Waals surface area contributed by atoms with E-state index in [-0.39, 0.29) is 0 Å². The molecule has 0 radical (unpaired) electrons. The summed E-state index contributed by atoms with van der Waals surface area (Å²) < 4.78 is 11.5. The van der Waals surface area contributed by atoms with Crippen LogP contribution in [0.1, 0.15) is 6.92 Å². The summed E-state index contributed by atoms with van der Waals surface area (Å²) >= 11 is 0. The fraction of sp³-hybridized carbons (Fsp3) is 0.118. The van der Waals surface area contributed by atoms with E-state index in [1.807, 2.05) is 55.5 Å². The Bertz CT molecular complexity index is 754. The molecule has 0 unspecified atom stereocenters. The third kappa shape index (κ3) is 2.74. The molecule has 0 aliphatic rings. The highest BCUT2D eigenvalue weighted by Gasteiger charge is 2.08. The van der Waals surface area contributed by atoms with Crippen molar-refractivity contribution in [3.8, 4) is 17.2 Å². The molecule has 3 rings (SSSR count). The standard InChI is InChI=1S/C17H16N2O2/c1-2-20-16-5-3-4-14-15(10-11-19-17(14)16)21-13-8-6-12(18)7-9-13/h3-11H,2,18H2,1H3. The van der Waals surface area contributed by atoms with Crippen molar-refractivity contribution in [2.24, 2.45) is 0 Å². The summed E-state index contributed by atoms with van der Waals surface area (Å²) in [6, 6.07) is 15.0. The van der Waals surface area contributed by atoms with Gasteiger partial charge >= 0.3 is 0 Å². The number of hydrogen-bond acceptors (Lipinski definition) is 4. The lowest BCUT2D eigenvalue weighted by molar-refractivity contribution is 0.343. The molecule has 2 aromatic carbocycles. The van der Waals surface area contributed by atoms with Gasteiger partial charge in [-0.1, -0.05) is 6.07 Å². The number of rotatable bonds is 4. The smallest absolute Gasteiger partial charge is 0.145 e. The zero-order valence-electron chi connectivity index (χ0n) is 11.7. The molecule has 21 heavy (non-hydrogen) atoms. The van der Waals surface area contributed by atoms with Gasteiger partial charge < -0.3 is 15.2 Å². The van der Waals surface area contributed by atoms with Gasteiger partial charge in [0.2, 0.25) is 0 Å². The Balaban J connectivity index is 2.02. The van der Waals surface area contributed by atoms with Crippen LogP contribution in [0.2, 0.25) is 0 Å². The zero-order chi connectivity index (χ0) is 14.7. The highest BCUT2D eigenvalue weighted by molar-refractivity contribution is 5.89. The summed E-state index contributed by atoms with van der Waals surface area (Å²) in [4.78, 5) is 4.39. The van der Waals surface area contributed by atoms with Gasteiger partial charge in [-0.3, -0.25) is 4.98 Å². The molecule has 0 saturated heterocycles. The Kier molecular flexibility index (Phi) is 3.60. The van der Waals surface area contributed by atoms with Gasteiger partial charge in [-0.15, -0.1) is 0 Å². The second kappa shape index (κ2) is 5.71. The van der Waals surface area contributed by atoms with Crippen molar-refractivity contribution in [3.05, 3.63) is 54.7 Å². The third-order valence-corrected chi connectivity index (χ3v) is 3.10. The fourth-order valence-corrected chi connectivity index (χ4v) is 2.15. The Hall–Kier alpha value is -2.75. The average molecular weight is 280 g/mol. The first kappa shape index (κ1) is 13.2. The van der Waals surface area contributed by atoms with Crippen molar-refractivity contribution < 1.29 is 9.47 Å². The lowest BCUT2D eigenvalue weighted by atomic mass is 10.2. The summed E-state index contributed by atoms with van der Waals surface area (Å²) in [6.45, 7) is 2.55. The molecule has 4 nitrogen and oxygen atoms in total. The van der Waals surface area contributed by atoms with E-state index in [0.29, 0.717) is 12.3 Å². The number of nitrogen functional groups attached to an aromatic ring is 1. The van der Waals surface area contributed by atoms with Crippen molar-refractivity contribution in [1.82, 2.24) is 4.98 Å². The van der Waals surface area contributed by atoms with Crippen LogP contribution < -0.4 is 15.2 Å². The molecular formula is C17H16N2O2. The number of nitrogens with two attached hydrogens (primary N) is 1. The predicted molar refractivity (Wildman–Crippen MR) is 83.8 cm³/mol. The number of ether oxygens (including phenoxy) is 2. The number of anilines is 1. The SMILES string of the molecule is CCOc1cccc2c(Oc3ccc(N)cc3)ccnc12. The quantitative estimate of drug-likeness (QED) is 0.734. The first-order chi connectivity index (χ1) is 10.3. The van der Waals surface area contributed by atoms with E-state index in [1.165, 1.54) is 0 Å². The lowest BCUT2D eigenvalue weighted by Gasteiger charge is -2.11. The van der Waals surface area contributed by atoms with Gasteiger partial charge in [-0.2, -0.15) is 0 Å². The van der Waals surface area contributed by atoms with E-state index in [0.717, 1.165) is 28.2 Å². The molecule has 0 bridgehead atoms. The predicted octanol–water partition coefficient (Wildman–Crippen LogP) is 4.01. The van der Waals surface area contributed by atoms with Crippen LogP contribution in [0, 0.1) is 0 Å².